The highest BCUT2D eigenvalue weighted by atomic mass is 79.9. The minimum absolute atomic E-state index is 0.0635. The molecule has 4 rings (SSSR count). The second-order valence-electron chi connectivity index (χ2n) is 5.97. The molecule has 10 heteroatoms. The topological polar surface area (TPSA) is 81.3 Å². The zero-order valence-corrected chi connectivity index (χ0v) is 17.2. The Hall–Kier alpha value is -2.98. The van der Waals surface area contributed by atoms with Crippen LogP contribution in [-0.2, 0) is 4.79 Å². The van der Waals surface area contributed by atoms with E-state index in [-0.39, 0.29) is 28.7 Å². The van der Waals surface area contributed by atoms with Gasteiger partial charge < -0.3 is 5.32 Å². The van der Waals surface area contributed by atoms with E-state index in [9.17, 15) is 14.0 Å². The molecule has 0 bridgehead atoms. The van der Waals surface area contributed by atoms with E-state index in [4.69, 9.17) is 0 Å². The van der Waals surface area contributed by atoms with Crippen LogP contribution in [0.15, 0.2) is 75.3 Å². The van der Waals surface area contributed by atoms with Crippen molar-refractivity contribution in [3.05, 3.63) is 81.6 Å². The molecule has 1 N–H and O–H groups in total. The van der Waals surface area contributed by atoms with Gasteiger partial charge in [0.15, 0.2) is 5.16 Å². The summed E-state index contributed by atoms with van der Waals surface area (Å²) >= 11 is 4.51. The van der Waals surface area contributed by atoms with E-state index in [2.05, 4.69) is 31.4 Å². The molecule has 0 saturated heterocycles. The lowest BCUT2D eigenvalue weighted by molar-refractivity contribution is -0.113. The van der Waals surface area contributed by atoms with Gasteiger partial charge in [-0.3, -0.25) is 18.6 Å². The molecule has 0 spiro atoms. The Morgan fingerprint density at radius 1 is 1.07 bits per heavy atom. The van der Waals surface area contributed by atoms with Gasteiger partial charge >= 0.3 is 5.56 Å². The minimum Gasteiger partial charge on any atom is -0.325 e. The maximum absolute atomic E-state index is 12.9. The number of hydrogen-bond donors (Lipinski definition) is 1. The van der Waals surface area contributed by atoms with Crippen LogP contribution in [0.3, 0.4) is 0 Å². The Morgan fingerprint density at radius 2 is 1.79 bits per heavy atom. The highest BCUT2D eigenvalue weighted by Crippen LogP contribution is 2.18. The Labute approximate surface area is 176 Å². The zero-order valence-electron chi connectivity index (χ0n) is 14.8. The average Bonchev–Trinajstić information content (AvgIpc) is 3.13. The van der Waals surface area contributed by atoms with Crippen molar-refractivity contribution in [2.24, 2.45) is 0 Å². The normalized spacial score (nSPS) is 11.0. The summed E-state index contributed by atoms with van der Waals surface area (Å²) in [6.07, 6.45) is 3.31. The van der Waals surface area contributed by atoms with E-state index < -0.39 is 0 Å². The molecule has 1 amide bonds. The van der Waals surface area contributed by atoms with E-state index in [0.717, 1.165) is 16.2 Å². The molecule has 0 radical (unpaired) electrons. The number of nitrogens with one attached hydrogen (secondary N) is 1. The summed E-state index contributed by atoms with van der Waals surface area (Å²) in [6, 6.07) is 12.8. The molecule has 2 aromatic heterocycles. The summed E-state index contributed by atoms with van der Waals surface area (Å²) in [5.74, 6) is -0.587. The van der Waals surface area contributed by atoms with E-state index in [0.29, 0.717) is 16.5 Å². The van der Waals surface area contributed by atoms with Crippen molar-refractivity contribution < 1.29 is 9.18 Å². The molecule has 0 fully saturated rings. The third kappa shape index (κ3) is 4.22. The number of anilines is 1. The van der Waals surface area contributed by atoms with Crippen LogP contribution in [0.25, 0.3) is 11.3 Å². The molecule has 2 aromatic carbocycles. The van der Waals surface area contributed by atoms with Crippen molar-refractivity contribution in [2.75, 3.05) is 11.1 Å². The summed E-state index contributed by atoms with van der Waals surface area (Å²) in [4.78, 5) is 24.9. The average molecular weight is 474 g/mol. The van der Waals surface area contributed by atoms with Gasteiger partial charge in [-0.05, 0) is 48.5 Å². The van der Waals surface area contributed by atoms with Crippen LogP contribution in [-0.4, -0.2) is 30.8 Å². The number of aromatic nitrogens is 4. The summed E-state index contributed by atoms with van der Waals surface area (Å²) in [6.45, 7) is 0. The molecular formula is C19H13BrFN5O2S. The van der Waals surface area contributed by atoms with Gasteiger partial charge in [0.1, 0.15) is 5.82 Å². The van der Waals surface area contributed by atoms with Gasteiger partial charge in [-0.25, -0.2) is 4.39 Å². The fourth-order valence-electron chi connectivity index (χ4n) is 2.63. The molecule has 0 aliphatic carbocycles. The quantitative estimate of drug-likeness (QED) is 0.448. The standard InChI is InChI=1S/C19H13BrFN5O2S/c20-12-1-7-15(8-2-12)25-9-10-26-17(18(25)28)23-24-19(26)29-11-16(27)22-14-5-3-13(21)4-6-14/h1-10H,11H2,(H,22,27). The number of benzene rings is 2. The maximum Gasteiger partial charge on any atom is 0.300 e. The summed E-state index contributed by atoms with van der Waals surface area (Å²) in [7, 11) is 0. The van der Waals surface area contributed by atoms with Gasteiger partial charge in [0.25, 0.3) is 0 Å². The van der Waals surface area contributed by atoms with E-state index in [1.54, 1.807) is 16.8 Å². The van der Waals surface area contributed by atoms with Crippen molar-refractivity contribution in [1.29, 1.82) is 0 Å². The number of nitrogens with zero attached hydrogens (tertiary/aromatic N) is 4. The number of amides is 1. The van der Waals surface area contributed by atoms with Crippen LogP contribution in [0.4, 0.5) is 10.1 Å². The second kappa shape index (κ2) is 8.18. The number of thioether (sulfide) groups is 1. The largest absolute Gasteiger partial charge is 0.325 e. The number of carbonyl (C=O) groups is 1. The first-order valence-corrected chi connectivity index (χ1v) is 10.2. The van der Waals surface area contributed by atoms with Crippen LogP contribution in [0.5, 0.6) is 0 Å². The van der Waals surface area contributed by atoms with E-state index >= 15 is 0 Å². The molecule has 7 nitrogen and oxygen atoms in total. The van der Waals surface area contributed by atoms with Crippen LogP contribution in [0.1, 0.15) is 0 Å². The van der Waals surface area contributed by atoms with Crippen LogP contribution < -0.4 is 10.9 Å². The number of fused-ring (bicyclic) bond motifs is 1. The lowest BCUT2D eigenvalue weighted by Gasteiger charge is -2.07. The summed E-state index contributed by atoms with van der Waals surface area (Å²) in [5.41, 5.74) is 1.05. The molecule has 0 saturated carbocycles. The summed E-state index contributed by atoms with van der Waals surface area (Å²) < 4.78 is 16.9. The molecule has 0 aliphatic heterocycles. The van der Waals surface area contributed by atoms with Crippen molar-refractivity contribution in [2.45, 2.75) is 5.16 Å². The highest BCUT2D eigenvalue weighted by Gasteiger charge is 2.13. The Bertz CT molecular complexity index is 1240. The number of hydrogen-bond acceptors (Lipinski definition) is 5. The van der Waals surface area contributed by atoms with Crippen molar-refractivity contribution in [1.82, 2.24) is 19.2 Å². The third-order valence-electron chi connectivity index (χ3n) is 4.00. The van der Waals surface area contributed by atoms with E-state index in [1.807, 2.05) is 24.3 Å². The Morgan fingerprint density at radius 3 is 2.52 bits per heavy atom. The van der Waals surface area contributed by atoms with Gasteiger partial charge in [-0.15, -0.1) is 10.2 Å². The molecular weight excluding hydrogens is 461 g/mol. The molecule has 0 unspecified atom stereocenters. The molecule has 29 heavy (non-hydrogen) atoms. The molecule has 146 valence electrons. The maximum atomic E-state index is 12.9. The van der Waals surface area contributed by atoms with Gasteiger partial charge in [0, 0.05) is 28.2 Å². The minimum atomic E-state index is -0.374. The van der Waals surface area contributed by atoms with Crippen LogP contribution in [0.2, 0.25) is 0 Å². The zero-order chi connectivity index (χ0) is 20.4. The number of rotatable bonds is 5. The van der Waals surface area contributed by atoms with Crippen molar-refractivity contribution in [3.8, 4) is 5.69 Å². The molecule has 0 aliphatic rings. The van der Waals surface area contributed by atoms with Gasteiger partial charge in [0.05, 0.1) is 5.75 Å². The predicted octanol–water partition coefficient (Wildman–Crippen LogP) is 3.51. The molecule has 4 aromatic rings. The molecule has 0 atom stereocenters. The highest BCUT2D eigenvalue weighted by molar-refractivity contribution is 9.10. The predicted molar refractivity (Wildman–Crippen MR) is 112 cm³/mol. The van der Waals surface area contributed by atoms with Crippen LogP contribution >= 0.6 is 27.7 Å². The third-order valence-corrected chi connectivity index (χ3v) is 5.48. The van der Waals surface area contributed by atoms with Crippen molar-refractivity contribution >= 4 is 44.9 Å². The van der Waals surface area contributed by atoms with Gasteiger partial charge in [0.2, 0.25) is 11.6 Å². The first kappa shape index (κ1) is 19.3. The second-order valence-corrected chi connectivity index (χ2v) is 7.83. The van der Waals surface area contributed by atoms with Crippen LogP contribution in [0, 0.1) is 5.82 Å². The lowest BCUT2D eigenvalue weighted by Crippen LogP contribution is -2.20. The van der Waals surface area contributed by atoms with Gasteiger partial charge in [-0.1, -0.05) is 27.7 Å². The number of carbonyl (C=O) groups excluding carboxylic acids is 1. The SMILES string of the molecule is O=C(CSc1nnc2c(=O)n(-c3ccc(Br)cc3)ccn12)Nc1ccc(F)cc1. The van der Waals surface area contributed by atoms with E-state index in [1.165, 1.54) is 28.8 Å². The van der Waals surface area contributed by atoms with Crippen molar-refractivity contribution in [3.63, 3.8) is 0 Å². The molecule has 2 heterocycles. The first-order chi connectivity index (χ1) is 14.0. The monoisotopic (exact) mass is 473 g/mol. The Kier molecular flexibility index (Phi) is 5.45. The smallest absolute Gasteiger partial charge is 0.300 e. The van der Waals surface area contributed by atoms with Gasteiger partial charge in [-0.2, -0.15) is 0 Å². The fourth-order valence-corrected chi connectivity index (χ4v) is 3.61. The Balaban J connectivity index is 1.51. The lowest BCUT2D eigenvalue weighted by atomic mass is 10.3. The number of halogens is 2. The first-order valence-electron chi connectivity index (χ1n) is 8.42. The summed E-state index contributed by atoms with van der Waals surface area (Å²) in [5, 5.41) is 11.1. The fraction of sp³-hybridized carbons (Fsp3) is 0.0526.